The number of rotatable bonds is 3. The quantitative estimate of drug-likeness (QED) is 0.652. The Morgan fingerprint density at radius 1 is 0.850 bits per heavy atom. The Hall–Kier alpha value is -1.99. The lowest BCUT2D eigenvalue weighted by Gasteiger charge is -2.16. The van der Waals surface area contributed by atoms with Crippen molar-refractivity contribution in [1.29, 1.82) is 0 Å². The molecule has 1 unspecified atom stereocenters. The van der Waals surface area contributed by atoms with Gasteiger partial charge in [-0.1, -0.05) is 48.0 Å². The number of hydrogen-bond acceptors (Lipinski definition) is 1. The minimum absolute atomic E-state index is 0.251. The lowest BCUT2D eigenvalue weighted by Crippen LogP contribution is -2.06. The summed E-state index contributed by atoms with van der Waals surface area (Å²) in [7, 11) is 0. The Bertz CT molecular complexity index is 719. The van der Waals surface area contributed by atoms with Crippen molar-refractivity contribution in [2.24, 2.45) is 0 Å². The van der Waals surface area contributed by atoms with Crippen LogP contribution in [0.5, 0.6) is 0 Å². The Labute approximate surface area is 124 Å². The zero-order valence-electron chi connectivity index (χ0n) is 11.3. The maximum absolute atomic E-state index is 5.90. The lowest BCUT2D eigenvalue weighted by atomic mass is 10.0. The van der Waals surface area contributed by atoms with Crippen LogP contribution in [0.3, 0.4) is 0 Å². The molecular weight excluding hydrogens is 266 g/mol. The van der Waals surface area contributed by atoms with Crippen LogP contribution in [-0.4, -0.2) is 0 Å². The second-order valence-electron chi connectivity index (χ2n) is 4.98. The van der Waals surface area contributed by atoms with Gasteiger partial charge in [-0.25, -0.2) is 0 Å². The molecule has 0 heterocycles. The van der Waals surface area contributed by atoms with Crippen molar-refractivity contribution in [3.05, 3.63) is 77.3 Å². The molecule has 1 N–H and O–H groups in total. The van der Waals surface area contributed by atoms with Crippen LogP contribution >= 0.6 is 11.6 Å². The number of anilines is 1. The first kappa shape index (κ1) is 13.0. The van der Waals surface area contributed by atoms with Crippen molar-refractivity contribution in [2.75, 3.05) is 5.32 Å². The fourth-order valence-electron chi connectivity index (χ4n) is 2.36. The molecule has 3 aromatic rings. The lowest BCUT2D eigenvalue weighted by molar-refractivity contribution is 0.887. The third kappa shape index (κ3) is 2.78. The molecule has 0 radical (unpaired) electrons. The van der Waals surface area contributed by atoms with Gasteiger partial charge < -0.3 is 5.32 Å². The van der Waals surface area contributed by atoms with Crippen LogP contribution in [0, 0.1) is 0 Å². The van der Waals surface area contributed by atoms with Gasteiger partial charge in [-0.3, -0.25) is 0 Å². The fraction of sp³-hybridized carbons (Fsp3) is 0.111. The largest absolute Gasteiger partial charge is 0.379 e. The Morgan fingerprint density at radius 2 is 1.55 bits per heavy atom. The molecule has 3 aromatic carbocycles. The molecule has 20 heavy (non-hydrogen) atoms. The van der Waals surface area contributed by atoms with Gasteiger partial charge in [0, 0.05) is 16.8 Å². The van der Waals surface area contributed by atoms with Crippen LogP contribution in [0.15, 0.2) is 66.7 Å². The maximum atomic E-state index is 5.90. The summed E-state index contributed by atoms with van der Waals surface area (Å²) in [5, 5.41) is 6.80. The highest BCUT2D eigenvalue weighted by atomic mass is 35.5. The number of nitrogens with one attached hydrogen (secondary N) is 1. The molecule has 100 valence electrons. The van der Waals surface area contributed by atoms with Crippen molar-refractivity contribution in [1.82, 2.24) is 0 Å². The summed E-state index contributed by atoms with van der Waals surface area (Å²) in [6, 6.07) is 23.1. The van der Waals surface area contributed by atoms with Crippen molar-refractivity contribution in [3.63, 3.8) is 0 Å². The summed E-state index contributed by atoms with van der Waals surface area (Å²) in [6.07, 6.45) is 0. The number of benzene rings is 3. The molecule has 0 bridgehead atoms. The number of halogens is 1. The molecule has 0 aliphatic carbocycles. The van der Waals surface area contributed by atoms with E-state index in [4.69, 9.17) is 11.6 Å². The van der Waals surface area contributed by atoms with E-state index in [2.05, 4.69) is 54.7 Å². The van der Waals surface area contributed by atoms with Crippen LogP contribution in [0.4, 0.5) is 5.69 Å². The first-order chi connectivity index (χ1) is 9.72. The van der Waals surface area contributed by atoms with Gasteiger partial charge in [0.05, 0.1) is 0 Å². The second kappa shape index (κ2) is 5.56. The van der Waals surface area contributed by atoms with Gasteiger partial charge >= 0.3 is 0 Å². The average molecular weight is 282 g/mol. The molecule has 2 heteroatoms. The van der Waals surface area contributed by atoms with Gasteiger partial charge in [0.15, 0.2) is 0 Å². The van der Waals surface area contributed by atoms with E-state index in [0.717, 1.165) is 10.7 Å². The summed E-state index contributed by atoms with van der Waals surface area (Å²) in [6.45, 7) is 2.17. The molecule has 0 spiro atoms. The average Bonchev–Trinajstić information content (AvgIpc) is 2.49. The van der Waals surface area contributed by atoms with Gasteiger partial charge in [0.2, 0.25) is 0 Å². The Balaban J connectivity index is 1.84. The van der Waals surface area contributed by atoms with E-state index in [-0.39, 0.29) is 6.04 Å². The first-order valence-corrected chi connectivity index (χ1v) is 7.11. The predicted molar refractivity (Wildman–Crippen MR) is 87.4 cm³/mol. The highest BCUT2D eigenvalue weighted by molar-refractivity contribution is 6.30. The molecular formula is C18H16ClN. The van der Waals surface area contributed by atoms with E-state index in [0.29, 0.717) is 0 Å². The van der Waals surface area contributed by atoms with Gasteiger partial charge in [-0.15, -0.1) is 0 Å². The third-order valence-electron chi connectivity index (χ3n) is 3.50. The molecule has 0 saturated carbocycles. The molecule has 0 aliphatic heterocycles. The fourth-order valence-corrected chi connectivity index (χ4v) is 2.48. The first-order valence-electron chi connectivity index (χ1n) is 6.73. The van der Waals surface area contributed by atoms with E-state index in [1.54, 1.807) is 0 Å². The summed E-state index contributed by atoms with van der Waals surface area (Å²) in [5.74, 6) is 0. The molecule has 1 nitrogen and oxygen atoms in total. The summed E-state index contributed by atoms with van der Waals surface area (Å²) >= 11 is 5.90. The predicted octanol–water partition coefficient (Wildman–Crippen LogP) is 5.67. The number of fused-ring (bicyclic) bond motifs is 1. The van der Waals surface area contributed by atoms with Gasteiger partial charge in [-0.05, 0) is 53.6 Å². The minimum atomic E-state index is 0.251. The van der Waals surface area contributed by atoms with Crippen LogP contribution < -0.4 is 5.32 Å². The minimum Gasteiger partial charge on any atom is -0.379 e. The topological polar surface area (TPSA) is 12.0 Å². The highest BCUT2D eigenvalue weighted by Crippen LogP contribution is 2.24. The van der Waals surface area contributed by atoms with E-state index >= 15 is 0 Å². The summed E-state index contributed by atoms with van der Waals surface area (Å²) < 4.78 is 0. The molecule has 0 fully saturated rings. The van der Waals surface area contributed by atoms with Crippen LogP contribution in [-0.2, 0) is 0 Å². The molecule has 1 atom stereocenters. The van der Waals surface area contributed by atoms with Crippen molar-refractivity contribution < 1.29 is 0 Å². The third-order valence-corrected chi connectivity index (χ3v) is 3.75. The van der Waals surface area contributed by atoms with E-state index in [1.807, 2.05) is 24.3 Å². The van der Waals surface area contributed by atoms with E-state index < -0.39 is 0 Å². The van der Waals surface area contributed by atoms with Crippen molar-refractivity contribution >= 4 is 28.1 Å². The monoisotopic (exact) mass is 281 g/mol. The van der Waals surface area contributed by atoms with Gasteiger partial charge in [-0.2, -0.15) is 0 Å². The second-order valence-corrected chi connectivity index (χ2v) is 5.42. The van der Waals surface area contributed by atoms with Crippen molar-refractivity contribution in [2.45, 2.75) is 13.0 Å². The number of hydrogen-bond donors (Lipinski definition) is 1. The van der Waals surface area contributed by atoms with Gasteiger partial charge in [0.1, 0.15) is 0 Å². The van der Waals surface area contributed by atoms with Crippen LogP contribution in [0.1, 0.15) is 18.5 Å². The van der Waals surface area contributed by atoms with Gasteiger partial charge in [0.25, 0.3) is 0 Å². The van der Waals surface area contributed by atoms with E-state index in [1.165, 1.54) is 16.3 Å². The van der Waals surface area contributed by atoms with E-state index in [9.17, 15) is 0 Å². The summed E-state index contributed by atoms with van der Waals surface area (Å²) in [4.78, 5) is 0. The molecule has 0 saturated heterocycles. The van der Waals surface area contributed by atoms with Crippen LogP contribution in [0.25, 0.3) is 10.8 Å². The van der Waals surface area contributed by atoms with Crippen molar-refractivity contribution in [3.8, 4) is 0 Å². The summed E-state index contributed by atoms with van der Waals surface area (Å²) in [5.41, 5.74) is 2.36. The molecule has 3 rings (SSSR count). The Morgan fingerprint density at radius 3 is 2.30 bits per heavy atom. The smallest absolute Gasteiger partial charge is 0.0485 e. The highest BCUT2D eigenvalue weighted by Gasteiger charge is 2.06. The van der Waals surface area contributed by atoms with Crippen LogP contribution in [0.2, 0.25) is 5.02 Å². The Kier molecular flexibility index (Phi) is 3.62. The molecule has 0 amide bonds. The normalized spacial score (nSPS) is 12.3. The standard InChI is InChI=1S/C18H16ClN/c1-13(20-18-10-8-17(19)9-11-18)15-7-6-14-4-2-3-5-16(14)12-15/h2-13,20H,1H3. The zero-order chi connectivity index (χ0) is 13.9. The molecule has 0 aliphatic rings. The zero-order valence-corrected chi connectivity index (χ0v) is 12.1. The molecule has 0 aromatic heterocycles. The maximum Gasteiger partial charge on any atom is 0.0485 e. The SMILES string of the molecule is CC(Nc1ccc(Cl)cc1)c1ccc2ccccc2c1.